The van der Waals surface area contributed by atoms with Crippen LogP contribution in [0.3, 0.4) is 0 Å². The molecule has 3 aromatic rings. The van der Waals surface area contributed by atoms with Crippen molar-refractivity contribution in [3.63, 3.8) is 0 Å². The van der Waals surface area contributed by atoms with Crippen LogP contribution in [0.1, 0.15) is 10.4 Å². The lowest BCUT2D eigenvalue weighted by Gasteiger charge is -2.05. The molecule has 0 aliphatic rings. The summed E-state index contributed by atoms with van der Waals surface area (Å²) < 4.78 is 22.3. The molecule has 0 unspecified atom stereocenters. The minimum Gasteiger partial charge on any atom is -0.354 e. The number of para-hydroxylation sites is 2. The molecule has 1 heterocycles. The summed E-state index contributed by atoms with van der Waals surface area (Å²) in [6, 6.07) is 13.2. The highest BCUT2D eigenvalue weighted by molar-refractivity contribution is 7.90. The Balaban J connectivity index is 2.08. The van der Waals surface area contributed by atoms with Crippen molar-refractivity contribution in [2.24, 2.45) is 0 Å². The van der Waals surface area contributed by atoms with Crippen molar-refractivity contribution >= 4 is 37.6 Å². The van der Waals surface area contributed by atoms with E-state index in [1.807, 2.05) is 30.3 Å². The first-order valence-corrected chi connectivity index (χ1v) is 8.47. The van der Waals surface area contributed by atoms with E-state index in [2.05, 4.69) is 10.3 Å². The average Bonchev–Trinajstić information content (AvgIpc) is 2.82. The highest BCUT2D eigenvalue weighted by atomic mass is 32.2. The van der Waals surface area contributed by atoms with E-state index in [0.717, 1.165) is 22.5 Å². The monoisotopic (exact) mass is 302 g/mol. The number of fused-ring (bicyclic) bond motifs is 3. The number of rotatable bonds is 3. The second-order valence-corrected chi connectivity index (χ2v) is 7.11. The minimum atomic E-state index is -3.25. The van der Waals surface area contributed by atoms with Crippen molar-refractivity contribution in [2.75, 3.05) is 12.1 Å². The van der Waals surface area contributed by atoms with Gasteiger partial charge in [-0.15, -0.1) is 0 Å². The third-order valence-electron chi connectivity index (χ3n) is 3.28. The van der Waals surface area contributed by atoms with Crippen LogP contribution < -0.4 is 5.32 Å². The molecule has 0 aliphatic carbocycles. The quantitative estimate of drug-likeness (QED) is 0.777. The van der Waals surface area contributed by atoms with Gasteiger partial charge in [0.2, 0.25) is 0 Å². The maximum atomic E-state index is 12.2. The summed E-state index contributed by atoms with van der Waals surface area (Å²) in [6.07, 6.45) is 1.08. The van der Waals surface area contributed by atoms with Crippen LogP contribution in [0.5, 0.6) is 0 Å². The van der Waals surface area contributed by atoms with Gasteiger partial charge in [0.15, 0.2) is 9.84 Å². The van der Waals surface area contributed by atoms with Crippen molar-refractivity contribution in [3.05, 3.63) is 48.0 Å². The summed E-state index contributed by atoms with van der Waals surface area (Å²) in [5, 5.41) is 4.40. The number of hydrogen-bond donors (Lipinski definition) is 2. The number of aromatic amines is 1. The molecule has 1 amide bonds. The number of nitrogens with one attached hydrogen (secondary N) is 2. The third-order valence-corrected chi connectivity index (χ3v) is 3.95. The predicted octanol–water partition coefficient (Wildman–Crippen LogP) is 2.05. The van der Waals surface area contributed by atoms with E-state index in [1.54, 1.807) is 12.1 Å². The molecule has 2 aromatic carbocycles. The van der Waals surface area contributed by atoms with E-state index in [-0.39, 0.29) is 5.88 Å². The van der Waals surface area contributed by atoms with Crippen LogP contribution in [-0.2, 0) is 9.84 Å². The van der Waals surface area contributed by atoms with Crippen LogP contribution in [-0.4, -0.2) is 31.4 Å². The SMILES string of the molecule is CS(=O)(=O)CNC(=O)c1cccc2c1[nH]c1ccccc12. The predicted molar refractivity (Wildman–Crippen MR) is 83.0 cm³/mol. The molecule has 0 fully saturated rings. The van der Waals surface area contributed by atoms with Gasteiger partial charge in [-0.25, -0.2) is 8.42 Å². The van der Waals surface area contributed by atoms with E-state index in [0.29, 0.717) is 11.1 Å². The molecule has 5 nitrogen and oxygen atoms in total. The number of sulfone groups is 1. The van der Waals surface area contributed by atoms with Gasteiger partial charge < -0.3 is 10.3 Å². The summed E-state index contributed by atoms with van der Waals surface area (Å²) in [4.78, 5) is 15.4. The van der Waals surface area contributed by atoms with Gasteiger partial charge in [0.25, 0.3) is 5.91 Å². The summed E-state index contributed by atoms with van der Waals surface area (Å²) in [6.45, 7) is 0. The number of carbonyl (C=O) groups excluding carboxylic acids is 1. The van der Waals surface area contributed by atoms with E-state index in [1.165, 1.54) is 0 Å². The molecule has 108 valence electrons. The molecular formula is C15H14N2O3S. The Morgan fingerprint density at radius 3 is 2.57 bits per heavy atom. The molecule has 0 aliphatic heterocycles. The number of H-pyrrole nitrogens is 1. The highest BCUT2D eigenvalue weighted by Crippen LogP contribution is 2.27. The molecule has 1 aromatic heterocycles. The van der Waals surface area contributed by atoms with Crippen molar-refractivity contribution in [1.29, 1.82) is 0 Å². The number of amides is 1. The second-order valence-electron chi connectivity index (χ2n) is 4.97. The fourth-order valence-corrected chi connectivity index (χ4v) is 2.75. The number of hydrogen-bond acceptors (Lipinski definition) is 3. The topological polar surface area (TPSA) is 79.0 Å². The summed E-state index contributed by atoms with van der Waals surface area (Å²) in [5.41, 5.74) is 2.09. The second kappa shape index (κ2) is 4.89. The van der Waals surface area contributed by atoms with Gasteiger partial charge in [-0.2, -0.15) is 0 Å². The normalized spacial score (nSPS) is 11.9. The molecule has 0 radical (unpaired) electrons. The smallest absolute Gasteiger partial charge is 0.254 e. The summed E-state index contributed by atoms with van der Waals surface area (Å²) >= 11 is 0. The minimum absolute atomic E-state index is 0.373. The lowest BCUT2D eigenvalue weighted by Crippen LogP contribution is -2.29. The standard InChI is InChI=1S/C15H14N2O3S/c1-21(19,20)9-16-15(18)12-7-4-6-11-10-5-2-3-8-13(10)17-14(11)12/h2-8,17H,9H2,1H3,(H,16,18). The molecule has 0 saturated heterocycles. The van der Waals surface area contributed by atoms with E-state index < -0.39 is 15.7 Å². The van der Waals surface area contributed by atoms with E-state index in [4.69, 9.17) is 0 Å². The van der Waals surface area contributed by atoms with Crippen LogP contribution in [0.2, 0.25) is 0 Å². The third kappa shape index (κ3) is 2.62. The molecule has 0 bridgehead atoms. The zero-order chi connectivity index (χ0) is 15.0. The average molecular weight is 302 g/mol. The summed E-state index contributed by atoms with van der Waals surface area (Å²) in [7, 11) is -3.25. The number of aromatic nitrogens is 1. The van der Waals surface area contributed by atoms with Gasteiger partial charge in [0.1, 0.15) is 5.88 Å². The van der Waals surface area contributed by atoms with Gasteiger partial charge in [-0.3, -0.25) is 4.79 Å². The van der Waals surface area contributed by atoms with Crippen LogP contribution in [0.15, 0.2) is 42.5 Å². The van der Waals surface area contributed by atoms with Crippen LogP contribution >= 0.6 is 0 Å². The number of carbonyl (C=O) groups is 1. The first kappa shape index (κ1) is 13.6. The Kier molecular flexibility index (Phi) is 3.17. The zero-order valence-electron chi connectivity index (χ0n) is 11.4. The maximum absolute atomic E-state index is 12.2. The van der Waals surface area contributed by atoms with Crippen molar-refractivity contribution in [3.8, 4) is 0 Å². The van der Waals surface area contributed by atoms with E-state index in [9.17, 15) is 13.2 Å². The Morgan fingerprint density at radius 1 is 1.10 bits per heavy atom. The van der Waals surface area contributed by atoms with Crippen molar-refractivity contribution in [1.82, 2.24) is 10.3 Å². The Bertz CT molecular complexity index is 942. The lowest BCUT2D eigenvalue weighted by molar-refractivity contribution is 0.0961. The van der Waals surface area contributed by atoms with E-state index >= 15 is 0 Å². The summed E-state index contributed by atoms with van der Waals surface area (Å²) in [5.74, 6) is -0.778. The van der Waals surface area contributed by atoms with Gasteiger partial charge in [-0.1, -0.05) is 30.3 Å². The molecular weight excluding hydrogens is 288 g/mol. The fraction of sp³-hybridized carbons (Fsp3) is 0.133. The van der Waals surface area contributed by atoms with Crippen LogP contribution in [0, 0.1) is 0 Å². The first-order valence-electron chi connectivity index (χ1n) is 6.41. The van der Waals surface area contributed by atoms with Crippen molar-refractivity contribution in [2.45, 2.75) is 0 Å². The largest absolute Gasteiger partial charge is 0.354 e. The Morgan fingerprint density at radius 2 is 1.81 bits per heavy atom. The fourth-order valence-electron chi connectivity index (χ4n) is 2.35. The molecule has 3 rings (SSSR count). The molecule has 0 saturated carbocycles. The number of benzene rings is 2. The highest BCUT2D eigenvalue weighted by Gasteiger charge is 2.14. The lowest BCUT2D eigenvalue weighted by atomic mass is 10.1. The van der Waals surface area contributed by atoms with Gasteiger partial charge in [0.05, 0.1) is 11.1 Å². The molecule has 0 spiro atoms. The van der Waals surface area contributed by atoms with Gasteiger partial charge >= 0.3 is 0 Å². The van der Waals surface area contributed by atoms with Crippen LogP contribution in [0.4, 0.5) is 0 Å². The Labute approximate surface area is 121 Å². The molecule has 21 heavy (non-hydrogen) atoms. The van der Waals surface area contributed by atoms with Gasteiger partial charge in [-0.05, 0) is 12.1 Å². The van der Waals surface area contributed by atoms with Gasteiger partial charge in [0, 0.05) is 22.5 Å². The van der Waals surface area contributed by atoms with Crippen molar-refractivity contribution < 1.29 is 13.2 Å². The van der Waals surface area contributed by atoms with Crippen LogP contribution in [0.25, 0.3) is 21.8 Å². The maximum Gasteiger partial charge on any atom is 0.254 e. The molecule has 6 heteroatoms. The molecule has 0 atom stereocenters. The first-order chi connectivity index (χ1) is 9.96. The molecule has 2 N–H and O–H groups in total. The zero-order valence-corrected chi connectivity index (χ0v) is 12.2. The Hall–Kier alpha value is -2.34.